The number of hydrogen-bond donors (Lipinski definition) is 0. The molecule has 29 heavy (non-hydrogen) atoms. The second-order valence-corrected chi connectivity index (χ2v) is 6.68. The number of benzene rings is 3. The monoisotopic (exact) mass is 407 g/mol. The zero-order valence-electron chi connectivity index (χ0n) is 15.1. The van der Waals surface area contributed by atoms with E-state index in [2.05, 4.69) is 4.99 Å². The standard InChI is InChI=1S/C23H15ClFNO3/c24-19-10-3-2-9-18(19)22-26-21(23(27)29-22)13-15-6-5-8-17(12-15)28-14-16-7-1-4-11-20(16)25/h1-13H,14H2/b21-13-. The van der Waals surface area contributed by atoms with Crippen LogP contribution in [0, 0.1) is 5.82 Å². The van der Waals surface area contributed by atoms with E-state index in [9.17, 15) is 9.18 Å². The third-order valence-corrected chi connectivity index (χ3v) is 4.57. The molecular weight excluding hydrogens is 393 g/mol. The molecule has 0 bridgehead atoms. The lowest BCUT2D eigenvalue weighted by Gasteiger charge is -2.07. The molecule has 1 aliphatic rings. The highest BCUT2D eigenvalue weighted by atomic mass is 35.5. The van der Waals surface area contributed by atoms with Gasteiger partial charge < -0.3 is 9.47 Å². The normalized spacial score (nSPS) is 14.6. The Balaban J connectivity index is 1.54. The van der Waals surface area contributed by atoms with E-state index in [1.165, 1.54) is 6.07 Å². The molecule has 3 aromatic carbocycles. The predicted molar refractivity (Wildman–Crippen MR) is 109 cm³/mol. The third-order valence-electron chi connectivity index (χ3n) is 4.24. The SMILES string of the molecule is O=C1OC(c2ccccc2Cl)=N/C1=C\c1cccc(OCc2ccccc2F)c1. The minimum atomic E-state index is -0.558. The quantitative estimate of drug-likeness (QED) is 0.420. The Hall–Kier alpha value is -3.44. The molecule has 0 aliphatic carbocycles. The molecule has 144 valence electrons. The van der Waals surface area contributed by atoms with Gasteiger partial charge >= 0.3 is 5.97 Å². The molecule has 3 aromatic rings. The van der Waals surface area contributed by atoms with Crippen molar-refractivity contribution in [3.8, 4) is 5.75 Å². The molecular formula is C23H15ClFNO3. The van der Waals surface area contributed by atoms with E-state index in [4.69, 9.17) is 21.1 Å². The second kappa shape index (κ2) is 8.29. The summed E-state index contributed by atoms with van der Waals surface area (Å²) in [5, 5.41) is 0.448. The molecule has 0 radical (unpaired) electrons. The molecule has 0 N–H and O–H groups in total. The number of halogens is 2. The second-order valence-electron chi connectivity index (χ2n) is 6.27. The molecule has 0 saturated heterocycles. The van der Waals surface area contributed by atoms with E-state index in [1.54, 1.807) is 72.8 Å². The highest BCUT2D eigenvalue weighted by molar-refractivity contribution is 6.34. The highest BCUT2D eigenvalue weighted by Crippen LogP contribution is 2.24. The molecule has 4 nitrogen and oxygen atoms in total. The van der Waals surface area contributed by atoms with Crippen LogP contribution in [0.5, 0.6) is 5.75 Å². The summed E-state index contributed by atoms with van der Waals surface area (Å²) in [6, 6.07) is 20.5. The van der Waals surface area contributed by atoms with Crippen molar-refractivity contribution in [3.63, 3.8) is 0 Å². The Morgan fingerprint density at radius 2 is 1.83 bits per heavy atom. The number of carbonyl (C=O) groups excluding carboxylic acids is 1. The number of cyclic esters (lactones) is 1. The van der Waals surface area contributed by atoms with Gasteiger partial charge in [-0.1, -0.05) is 54.1 Å². The Morgan fingerprint density at radius 3 is 2.66 bits per heavy atom. The van der Waals surface area contributed by atoms with Crippen LogP contribution in [0.2, 0.25) is 5.02 Å². The summed E-state index contributed by atoms with van der Waals surface area (Å²) in [4.78, 5) is 16.4. The summed E-state index contributed by atoms with van der Waals surface area (Å²) < 4.78 is 24.6. The molecule has 0 saturated carbocycles. The molecule has 0 spiro atoms. The van der Waals surface area contributed by atoms with Crippen molar-refractivity contribution < 1.29 is 18.7 Å². The van der Waals surface area contributed by atoms with Crippen molar-refractivity contribution in [2.75, 3.05) is 0 Å². The molecule has 0 atom stereocenters. The number of hydrogen-bond acceptors (Lipinski definition) is 4. The lowest BCUT2D eigenvalue weighted by atomic mass is 10.2. The minimum Gasteiger partial charge on any atom is -0.489 e. The first-order valence-electron chi connectivity index (χ1n) is 8.84. The van der Waals surface area contributed by atoms with Gasteiger partial charge in [0, 0.05) is 5.56 Å². The summed E-state index contributed by atoms with van der Waals surface area (Å²) in [7, 11) is 0. The van der Waals surface area contributed by atoms with Gasteiger partial charge in [0.15, 0.2) is 5.70 Å². The van der Waals surface area contributed by atoms with Gasteiger partial charge in [0.1, 0.15) is 18.2 Å². The molecule has 4 rings (SSSR count). The van der Waals surface area contributed by atoms with Crippen molar-refractivity contribution in [2.45, 2.75) is 6.61 Å². The Bertz CT molecular complexity index is 1140. The number of aliphatic imine (C=N–C) groups is 1. The summed E-state index contributed by atoms with van der Waals surface area (Å²) in [6.07, 6.45) is 1.60. The zero-order valence-corrected chi connectivity index (χ0v) is 15.9. The summed E-state index contributed by atoms with van der Waals surface area (Å²) in [5.74, 6) is -0.165. The molecule has 6 heteroatoms. The molecule has 0 aromatic heterocycles. The van der Waals surface area contributed by atoms with Gasteiger partial charge in [0.05, 0.1) is 10.6 Å². The van der Waals surface area contributed by atoms with E-state index >= 15 is 0 Å². The fourth-order valence-corrected chi connectivity index (χ4v) is 3.00. The van der Waals surface area contributed by atoms with Crippen molar-refractivity contribution in [1.29, 1.82) is 0 Å². The van der Waals surface area contributed by atoms with Crippen LogP contribution in [0.15, 0.2) is 83.5 Å². The maximum Gasteiger partial charge on any atom is 0.363 e. The van der Waals surface area contributed by atoms with Gasteiger partial charge in [-0.2, -0.15) is 0 Å². The maximum atomic E-state index is 13.7. The largest absolute Gasteiger partial charge is 0.489 e. The lowest BCUT2D eigenvalue weighted by Crippen LogP contribution is -2.05. The first-order chi connectivity index (χ1) is 14.1. The fraction of sp³-hybridized carbons (Fsp3) is 0.0435. The van der Waals surface area contributed by atoms with Crippen LogP contribution in [-0.4, -0.2) is 11.9 Å². The fourth-order valence-electron chi connectivity index (χ4n) is 2.79. The zero-order chi connectivity index (χ0) is 20.2. The van der Waals surface area contributed by atoms with E-state index in [0.717, 1.165) is 0 Å². The summed E-state index contributed by atoms with van der Waals surface area (Å²) in [6.45, 7) is 0.101. The number of ether oxygens (including phenoxy) is 2. The van der Waals surface area contributed by atoms with Crippen LogP contribution >= 0.6 is 11.6 Å². The lowest BCUT2D eigenvalue weighted by molar-refractivity contribution is -0.129. The van der Waals surface area contributed by atoms with Gasteiger partial charge in [0.25, 0.3) is 0 Å². The van der Waals surface area contributed by atoms with E-state index in [0.29, 0.717) is 27.5 Å². The average molecular weight is 408 g/mol. The Morgan fingerprint density at radius 1 is 1.03 bits per heavy atom. The van der Waals surface area contributed by atoms with E-state index in [1.807, 2.05) is 0 Å². The van der Waals surface area contributed by atoms with E-state index in [-0.39, 0.29) is 24.0 Å². The van der Waals surface area contributed by atoms with Crippen LogP contribution in [0.4, 0.5) is 4.39 Å². The molecule has 0 unspecified atom stereocenters. The van der Waals surface area contributed by atoms with Crippen molar-refractivity contribution in [1.82, 2.24) is 0 Å². The third kappa shape index (κ3) is 4.36. The van der Waals surface area contributed by atoms with Crippen LogP contribution in [-0.2, 0) is 16.1 Å². The van der Waals surface area contributed by atoms with Crippen molar-refractivity contribution in [2.24, 2.45) is 4.99 Å². The highest BCUT2D eigenvalue weighted by Gasteiger charge is 2.25. The van der Waals surface area contributed by atoms with Crippen LogP contribution in [0.1, 0.15) is 16.7 Å². The number of nitrogens with zero attached hydrogens (tertiary/aromatic N) is 1. The predicted octanol–water partition coefficient (Wildman–Crippen LogP) is 5.40. The van der Waals surface area contributed by atoms with Crippen LogP contribution in [0.25, 0.3) is 6.08 Å². The molecule has 0 fully saturated rings. The summed E-state index contributed by atoms with van der Waals surface area (Å²) >= 11 is 6.14. The Kier molecular flexibility index (Phi) is 5.40. The van der Waals surface area contributed by atoms with Crippen LogP contribution in [0.3, 0.4) is 0 Å². The maximum absolute atomic E-state index is 13.7. The molecule has 1 aliphatic heterocycles. The number of rotatable bonds is 5. The average Bonchev–Trinajstić information content (AvgIpc) is 3.08. The van der Waals surface area contributed by atoms with Gasteiger partial charge in [-0.15, -0.1) is 0 Å². The molecule has 1 heterocycles. The van der Waals surface area contributed by atoms with Crippen molar-refractivity contribution >= 4 is 29.5 Å². The van der Waals surface area contributed by atoms with Crippen molar-refractivity contribution in [3.05, 3.63) is 106 Å². The first-order valence-corrected chi connectivity index (χ1v) is 9.22. The topological polar surface area (TPSA) is 47.9 Å². The van der Waals surface area contributed by atoms with Gasteiger partial charge in [-0.25, -0.2) is 14.2 Å². The van der Waals surface area contributed by atoms with Gasteiger partial charge in [-0.3, -0.25) is 0 Å². The van der Waals surface area contributed by atoms with Gasteiger partial charge in [-0.05, 0) is 42.0 Å². The first kappa shape index (κ1) is 18.9. The van der Waals surface area contributed by atoms with Gasteiger partial charge in [0.2, 0.25) is 5.90 Å². The van der Waals surface area contributed by atoms with Crippen LogP contribution < -0.4 is 4.74 Å². The summed E-state index contributed by atoms with van der Waals surface area (Å²) in [5.41, 5.74) is 1.87. The smallest absolute Gasteiger partial charge is 0.363 e. The van der Waals surface area contributed by atoms with E-state index < -0.39 is 5.97 Å². The number of esters is 1. The Labute approximate surface area is 171 Å². The molecule has 0 amide bonds. The minimum absolute atomic E-state index is 0.101. The number of carbonyl (C=O) groups is 1.